The molecule has 31 heavy (non-hydrogen) atoms. The van der Waals surface area contributed by atoms with Crippen LogP contribution in [0.1, 0.15) is 44.7 Å². The van der Waals surface area contributed by atoms with E-state index in [2.05, 4.69) is 0 Å². The first-order valence-electron chi connectivity index (χ1n) is 10.4. The highest BCUT2D eigenvalue weighted by molar-refractivity contribution is 5.99. The Hall–Kier alpha value is -3.19. The van der Waals surface area contributed by atoms with Crippen molar-refractivity contribution in [2.75, 3.05) is 19.7 Å². The Bertz CT molecular complexity index is 1030. The van der Waals surface area contributed by atoms with Crippen molar-refractivity contribution in [3.8, 4) is 0 Å². The average molecular weight is 422 g/mol. The van der Waals surface area contributed by atoms with Gasteiger partial charge in [-0.15, -0.1) is 0 Å². The zero-order chi connectivity index (χ0) is 22.2. The summed E-state index contributed by atoms with van der Waals surface area (Å²) < 4.78 is 5.99. The molecule has 1 spiro atoms. The molecule has 0 aliphatic carbocycles. The quantitative estimate of drug-likeness (QED) is 0.822. The molecule has 2 aromatic carbocycles. The highest BCUT2D eigenvalue weighted by Crippen LogP contribution is 2.39. The maximum absolute atomic E-state index is 13.4. The third kappa shape index (κ3) is 3.81. The fourth-order valence-corrected chi connectivity index (χ4v) is 4.52. The normalized spacial score (nSPS) is 20.1. The number of carboxylic acid groups (broad SMARTS) is 1. The topological polar surface area (TPSA) is 87.2 Å². The number of ether oxygens (including phenoxy) is 1. The first-order valence-corrected chi connectivity index (χ1v) is 10.4. The number of carbonyl (C=O) groups excluding carboxylic acids is 2. The Kier molecular flexibility index (Phi) is 5.54. The van der Waals surface area contributed by atoms with Crippen LogP contribution in [0.3, 0.4) is 0 Å². The second-order valence-electron chi connectivity index (χ2n) is 8.26. The molecule has 7 nitrogen and oxygen atoms in total. The van der Waals surface area contributed by atoms with Gasteiger partial charge < -0.3 is 14.7 Å². The van der Waals surface area contributed by atoms with Gasteiger partial charge in [0.25, 0.3) is 11.8 Å². The van der Waals surface area contributed by atoms with Crippen molar-refractivity contribution in [1.29, 1.82) is 0 Å². The molecule has 0 unspecified atom stereocenters. The summed E-state index contributed by atoms with van der Waals surface area (Å²) >= 11 is 0. The number of hydrogen-bond acceptors (Lipinski definition) is 4. The van der Waals surface area contributed by atoms with Crippen molar-refractivity contribution < 1.29 is 24.2 Å². The molecule has 0 radical (unpaired) electrons. The van der Waals surface area contributed by atoms with Crippen LogP contribution in [0.25, 0.3) is 0 Å². The molecule has 4 rings (SSSR count). The number of carbonyl (C=O) groups is 3. The van der Waals surface area contributed by atoms with Crippen LogP contribution < -0.4 is 0 Å². The number of hydrogen-bond donors (Lipinski definition) is 1. The number of rotatable bonds is 3. The molecule has 0 bridgehead atoms. The Labute approximate surface area is 181 Å². The molecule has 7 heteroatoms. The first kappa shape index (κ1) is 21.1. The van der Waals surface area contributed by atoms with Crippen LogP contribution in [0.4, 0.5) is 0 Å². The fourth-order valence-electron chi connectivity index (χ4n) is 4.52. The summed E-state index contributed by atoms with van der Waals surface area (Å²) in [5.41, 5.74) is 1.87. The van der Waals surface area contributed by atoms with Crippen molar-refractivity contribution in [3.05, 3.63) is 70.8 Å². The fraction of sp³-hybridized carbons (Fsp3) is 0.375. The van der Waals surface area contributed by atoms with Crippen molar-refractivity contribution in [2.45, 2.75) is 38.5 Å². The number of aliphatic carboxylic acids is 1. The van der Waals surface area contributed by atoms with Crippen LogP contribution in [-0.2, 0) is 9.53 Å². The van der Waals surface area contributed by atoms with E-state index in [1.165, 1.54) is 4.90 Å². The van der Waals surface area contributed by atoms with E-state index >= 15 is 0 Å². The largest absolute Gasteiger partial charge is 0.480 e. The van der Waals surface area contributed by atoms with Crippen molar-refractivity contribution in [1.82, 2.24) is 9.80 Å². The van der Waals surface area contributed by atoms with Crippen LogP contribution >= 0.6 is 0 Å². The lowest BCUT2D eigenvalue weighted by Crippen LogP contribution is -2.58. The molecule has 2 aromatic rings. The summed E-state index contributed by atoms with van der Waals surface area (Å²) in [5, 5.41) is 9.74. The molecule has 2 aliphatic rings. The van der Waals surface area contributed by atoms with E-state index in [1.54, 1.807) is 23.1 Å². The van der Waals surface area contributed by atoms with Crippen molar-refractivity contribution in [3.63, 3.8) is 0 Å². The van der Waals surface area contributed by atoms with Gasteiger partial charge in [0.2, 0.25) is 0 Å². The van der Waals surface area contributed by atoms with Gasteiger partial charge in [0, 0.05) is 37.1 Å². The number of aryl methyl sites for hydroxylation is 2. The Morgan fingerprint density at radius 1 is 1.00 bits per heavy atom. The lowest BCUT2D eigenvalue weighted by molar-refractivity contribution is -0.143. The number of likely N-dealkylation sites (tertiary alicyclic amines) is 1. The lowest BCUT2D eigenvalue weighted by Gasteiger charge is -2.44. The van der Waals surface area contributed by atoms with E-state index in [4.69, 9.17) is 4.74 Å². The SMILES string of the molecule is Cc1cccc(C(=O)N2CCC3(CC2)OC[C@@H](C(=O)O)N3C(=O)c2ccccc2C)c1. The summed E-state index contributed by atoms with van der Waals surface area (Å²) in [5.74, 6) is -1.50. The van der Waals surface area contributed by atoms with Gasteiger partial charge in [-0.2, -0.15) is 0 Å². The van der Waals surface area contributed by atoms with E-state index in [0.717, 1.165) is 11.1 Å². The van der Waals surface area contributed by atoms with E-state index in [0.29, 0.717) is 37.1 Å². The molecular formula is C24H26N2O5. The summed E-state index contributed by atoms with van der Waals surface area (Å²) in [6.07, 6.45) is 0.734. The van der Waals surface area contributed by atoms with Crippen LogP contribution in [0.15, 0.2) is 48.5 Å². The molecule has 162 valence electrons. The Morgan fingerprint density at radius 3 is 2.35 bits per heavy atom. The summed E-state index contributed by atoms with van der Waals surface area (Å²) in [6.45, 7) is 4.48. The van der Waals surface area contributed by atoms with Gasteiger partial charge in [-0.05, 0) is 37.6 Å². The first-order chi connectivity index (χ1) is 14.8. The molecule has 2 saturated heterocycles. The van der Waals surface area contributed by atoms with Gasteiger partial charge in [0.15, 0.2) is 6.04 Å². The maximum atomic E-state index is 13.4. The third-order valence-electron chi connectivity index (χ3n) is 6.24. The summed E-state index contributed by atoms with van der Waals surface area (Å²) in [6, 6.07) is 13.5. The van der Waals surface area contributed by atoms with Gasteiger partial charge in [-0.25, -0.2) is 4.79 Å². The molecular weight excluding hydrogens is 396 g/mol. The standard InChI is InChI=1S/C24H26N2O5/c1-16-6-5-8-18(14-16)21(27)25-12-10-24(11-13-25)26(20(15-31-24)23(29)30)22(28)19-9-4-3-7-17(19)2/h3-9,14,20H,10-13,15H2,1-2H3,(H,29,30)/t20-/m0/s1. The molecule has 2 heterocycles. The van der Waals surface area contributed by atoms with E-state index in [1.807, 2.05) is 44.2 Å². The van der Waals surface area contributed by atoms with Crippen molar-refractivity contribution >= 4 is 17.8 Å². The molecule has 2 aliphatic heterocycles. The van der Waals surface area contributed by atoms with Gasteiger partial charge >= 0.3 is 5.97 Å². The highest BCUT2D eigenvalue weighted by atomic mass is 16.5. The van der Waals surface area contributed by atoms with Crippen molar-refractivity contribution in [2.24, 2.45) is 0 Å². The number of benzene rings is 2. The molecule has 2 amide bonds. The van der Waals surface area contributed by atoms with E-state index < -0.39 is 17.7 Å². The van der Waals surface area contributed by atoms with Crippen LogP contribution in [0, 0.1) is 13.8 Å². The second-order valence-corrected chi connectivity index (χ2v) is 8.26. The third-order valence-corrected chi connectivity index (χ3v) is 6.24. The minimum Gasteiger partial charge on any atom is -0.480 e. The number of piperidine rings is 1. The van der Waals surface area contributed by atoms with Gasteiger partial charge in [0.1, 0.15) is 5.72 Å². The molecule has 2 fully saturated rings. The number of carboxylic acids is 1. The monoisotopic (exact) mass is 422 g/mol. The Morgan fingerprint density at radius 2 is 1.71 bits per heavy atom. The van der Waals surface area contributed by atoms with E-state index in [9.17, 15) is 19.5 Å². The van der Waals surface area contributed by atoms with Gasteiger partial charge in [0.05, 0.1) is 6.61 Å². The minimum absolute atomic E-state index is 0.0568. The average Bonchev–Trinajstić information content (AvgIpc) is 3.12. The number of amides is 2. The van der Waals surface area contributed by atoms with Crippen LogP contribution in [0.2, 0.25) is 0 Å². The molecule has 0 saturated carbocycles. The second kappa shape index (κ2) is 8.15. The zero-order valence-electron chi connectivity index (χ0n) is 17.7. The minimum atomic E-state index is -1.09. The molecule has 1 N–H and O–H groups in total. The lowest BCUT2D eigenvalue weighted by atomic mass is 9.95. The predicted molar refractivity (Wildman–Crippen MR) is 114 cm³/mol. The zero-order valence-corrected chi connectivity index (χ0v) is 17.7. The Balaban J connectivity index is 1.58. The molecule has 0 aromatic heterocycles. The van der Waals surface area contributed by atoms with Crippen LogP contribution in [-0.4, -0.2) is 64.2 Å². The predicted octanol–water partition coefficient (Wildman–Crippen LogP) is 2.86. The number of nitrogens with zero attached hydrogens (tertiary/aromatic N) is 2. The van der Waals surface area contributed by atoms with Gasteiger partial charge in [-0.3, -0.25) is 14.5 Å². The van der Waals surface area contributed by atoms with Crippen LogP contribution in [0.5, 0.6) is 0 Å². The smallest absolute Gasteiger partial charge is 0.328 e. The summed E-state index contributed by atoms with van der Waals surface area (Å²) in [4.78, 5) is 41.4. The summed E-state index contributed by atoms with van der Waals surface area (Å²) in [7, 11) is 0. The van der Waals surface area contributed by atoms with E-state index in [-0.39, 0.29) is 18.4 Å². The molecule has 1 atom stereocenters. The van der Waals surface area contributed by atoms with Gasteiger partial charge in [-0.1, -0.05) is 35.9 Å². The maximum Gasteiger partial charge on any atom is 0.328 e. The highest BCUT2D eigenvalue weighted by Gasteiger charge is 2.54.